The molecule has 234 valence electrons. The summed E-state index contributed by atoms with van der Waals surface area (Å²) in [7, 11) is 0. The van der Waals surface area contributed by atoms with E-state index in [1.807, 2.05) is 59.7 Å². The van der Waals surface area contributed by atoms with Gasteiger partial charge in [0.15, 0.2) is 0 Å². The molecule has 1 aromatic heterocycles. The molecule has 1 unspecified atom stereocenters. The van der Waals surface area contributed by atoms with Crippen LogP contribution in [0.3, 0.4) is 0 Å². The van der Waals surface area contributed by atoms with E-state index in [0.717, 1.165) is 10.9 Å². The molecule has 1 saturated heterocycles. The number of alkyl carbamates (subject to hydrolysis) is 1. The molecule has 2 aliphatic rings. The number of pyridine rings is 1. The van der Waals surface area contributed by atoms with E-state index in [4.69, 9.17) is 10.5 Å². The second-order valence-corrected chi connectivity index (χ2v) is 14.7. The van der Waals surface area contributed by atoms with Crippen molar-refractivity contribution in [2.75, 3.05) is 6.54 Å². The Kier molecular flexibility index (Phi) is 8.19. The van der Waals surface area contributed by atoms with Crippen molar-refractivity contribution >= 4 is 34.7 Å². The molecule has 0 bridgehead atoms. The summed E-state index contributed by atoms with van der Waals surface area (Å²) in [4.78, 5) is 70.3. The van der Waals surface area contributed by atoms with E-state index >= 15 is 0 Å². The second-order valence-electron chi connectivity index (χ2n) is 14.7. The topological polar surface area (TPSA) is 164 Å². The monoisotopic (exact) mass is 595 g/mol. The number of piperidine rings is 1. The first-order chi connectivity index (χ1) is 19.7. The first kappa shape index (κ1) is 32.0. The van der Waals surface area contributed by atoms with Gasteiger partial charge in [-0.3, -0.25) is 19.2 Å². The number of aromatic amines is 1. The highest BCUT2D eigenvalue weighted by Gasteiger charge is 2.69. The quantitative estimate of drug-likeness (QED) is 0.385. The molecule has 0 radical (unpaired) electrons. The van der Waals surface area contributed by atoms with Gasteiger partial charge in [0.05, 0.1) is 0 Å². The second kappa shape index (κ2) is 11.0. The van der Waals surface area contributed by atoms with Crippen LogP contribution in [-0.2, 0) is 25.5 Å². The molecular formula is C32H45N5O6. The predicted molar refractivity (Wildman–Crippen MR) is 163 cm³/mol. The van der Waals surface area contributed by atoms with Crippen molar-refractivity contribution < 1.29 is 23.9 Å². The van der Waals surface area contributed by atoms with Crippen LogP contribution in [0, 0.1) is 29.6 Å². The maximum Gasteiger partial charge on any atom is 0.408 e. The SMILES string of the molecule is Cc1ccc2[nH]c(=O)c(CC(NC(=O)[C@@H]3[C@@H]4[C@H](CN3C(=O)[C@@H](NC(=O)OC(C)(C)C)C(C)(C)C)C4(C)C)C(N)=O)cc2c1. The molecular weight excluding hydrogens is 550 g/mol. The smallest absolute Gasteiger partial charge is 0.408 e. The summed E-state index contributed by atoms with van der Waals surface area (Å²) in [6, 6.07) is 4.30. The number of nitrogens with two attached hydrogens (primary N) is 1. The van der Waals surface area contributed by atoms with Crippen LogP contribution in [-0.4, -0.2) is 64.0 Å². The number of primary amides is 1. The highest BCUT2D eigenvalue weighted by atomic mass is 16.6. The van der Waals surface area contributed by atoms with Gasteiger partial charge in [0, 0.05) is 24.0 Å². The molecule has 11 heteroatoms. The van der Waals surface area contributed by atoms with Crippen molar-refractivity contribution in [1.29, 1.82) is 0 Å². The largest absolute Gasteiger partial charge is 0.444 e. The number of fused-ring (bicyclic) bond motifs is 2. The van der Waals surface area contributed by atoms with Crippen LogP contribution >= 0.6 is 0 Å². The number of hydrogen-bond donors (Lipinski definition) is 4. The number of nitrogens with zero attached hydrogens (tertiary/aromatic N) is 1. The molecule has 4 rings (SSSR count). The fourth-order valence-corrected chi connectivity index (χ4v) is 6.28. The van der Waals surface area contributed by atoms with Gasteiger partial charge >= 0.3 is 6.09 Å². The van der Waals surface area contributed by atoms with E-state index < -0.39 is 53.0 Å². The number of nitrogens with one attached hydrogen (secondary N) is 3. The molecule has 0 spiro atoms. The highest BCUT2D eigenvalue weighted by Crippen LogP contribution is 2.65. The first-order valence-electron chi connectivity index (χ1n) is 14.7. The van der Waals surface area contributed by atoms with Gasteiger partial charge in [-0.15, -0.1) is 0 Å². The van der Waals surface area contributed by atoms with Crippen LogP contribution in [0.15, 0.2) is 29.1 Å². The van der Waals surface area contributed by atoms with Crippen molar-refractivity contribution in [3.63, 3.8) is 0 Å². The van der Waals surface area contributed by atoms with Gasteiger partial charge in [-0.2, -0.15) is 0 Å². The van der Waals surface area contributed by atoms with Crippen molar-refractivity contribution in [3.8, 4) is 0 Å². The maximum absolute atomic E-state index is 14.0. The van der Waals surface area contributed by atoms with E-state index in [1.54, 1.807) is 26.8 Å². The number of benzene rings is 1. The van der Waals surface area contributed by atoms with Crippen LogP contribution in [0.4, 0.5) is 4.79 Å². The highest BCUT2D eigenvalue weighted by molar-refractivity contribution is 5.95. The summed E-state index contributed by atoms with van der Waals surface area (Å²) in [5.41, 5.74) is 5.67. The number of amides is 4. The van der Waals surface area contributed by atoms with Crippen LogP contribution in [0.2, 0.25) is 0 Å². The molecule has 11 nitrogen and oxygen atoms in total. The Hall–Kier alpha value is -3.89. The van der Waals surface area contributed by atoms with E-state index in [9.17, 15) is 24.0 Å². The minimum absolute atomic E-state index is 0.0768. The van der Waals surface area contributed by atoms with E-state index in [2.05, 4.69) is 15.6 Å². The standard InChI is InChI=1S/C32H45N5O6/c1-16-10-11-20-17(12-16)13-18(26(39)34-20)14-21(25(33)38)35-27(40)23-22-19(32(22,8)9)15-37(23)28(41)24(30(2,3)4)36-29(42)43-31(5,6)7/h10-13,19,21-24H,14-15H2,1-9H3,(H2,33,38)(H,34,39)(H,35,40)(H,36,42)/t19-,21?,22-,23-,24+/m0/s1. The average Bonchev–Trinajstić information content (AvgIpc) is 3.18. The van der Waals surface area contributed by atoms with Gasteiger partial charge in [-0.25, -0.2) is 4.79 Å². The first-order valence-corrected chi connectivity index (χ1v) is 14.7. The van der Waals surface area contributed by atoms with Crippen molar-refractivity contribution in [2.24, 2.45) is 28.4 Å². The van der Waals surface area contributed by atoms with E-state index in [1.165, 1.54) is 4.90 Å². The molecule has 4 amide bonds. The minimum Gasteiger partial charge on any atom is -0.444 e. The minimum atomic E-state index is -1.17. The molecule has 5 N–H and O–H groups in total. The lowest BCUT2D eigenvalue weighted by Gasteiger charge is -2.38. The van der Waals surface area contributed by atoms with Crippen molar-refractivity contribution in [2.45, 2.75) is 92.5 Å². The number of rotatable bonds is 7. The van der Waals surface area contributed by atoms with Crippen LogP contribution in [0.1, 0.15) is 66.5 Å². The summed E-state index contributed by atoms with van der Waals surface area (Å²) < 4.78 is 5.41. The van der Waals surface area contributed by atoms with Gasteiger partial charge in [0.1, 0.15) is 23.7 Å². The van der Waals surface area contributed by atoms with Gasteiger partial charge in [-0.1, -0.05) is 46.2 Å². The van der Waals surface area contributed by atoms with Gasteiger partial charge in [0.25, 0.3) is 5.56 Å². The third-order valence-corrected chi connectivity index (χ3v) is 8.69. The molecule has 1 aromatic carbocycles. The van der Waals surface area contributed by atoms with Gasteiger partial charge < -0.3 is 31.0 Å². The Morgan fingerprint density at radius 1 is 1.09 bits per heavy atom. The number of carbonyl (C=O) groups excluding carboxylic acids is 4. The molecule has 2 heterocycles. The zero-order valence-corrected chi connectivity index (χ0v) is 26.6. The molecule has 2 aromatic rings. The summed E-state index contributed by atoms with van der Waals surface area (Å²) in [6.07, 6.45) is -0.834. The maximum atomic E-state index is 14.0. The van der Waals surface area contributed by atoms with E-state index in [0.29, 0.717) is 17.6 Å². The number of carbonyl (C=O) groups is 4. The Bertz CT molecular complexity index is 1510. The van der Waals surface area contributed by atoms with E-state index in [-0.39, 0.29) is 29.2 Å². The number of hydrogen-bond acceptors (Lipinski definition) is 6. The lowest BCUT2D eigenvalue weighted by molar-refractivity contribution is -0.144. The molecule has 1 saturated carbocycles. The number of ether oxygens (including phenoxy) is 1. The summed E-state index contributed by atoms with van der Waals surface area (Å²) in [5, 5.41) is 6.27. The summed E-state index contributed by atoms with van der Waals surface area (Å²) >= 11 is 0. The molecule has 43 heavy (non-hydrogen) atoms. The number of aromatic nitrogens is 1. The normalized spacial score (nSPS) is 22.3. The fraction of sp³-hybridized carbons (Fsp3) is 0.594. The third-order valence-electron chi connectivity index (χ3n) is 8.69. The zero-order valence-electron chi connectivity index (χ0n) is 26.6. The van der Waals surface area contributed by atoms with Crippen LogP contribution in [0.5, 0.6) is 0 Å². The average molecular weight is 596 g/mol. The zero-order chi connectivity index (χ0) is 32.2. The lowest BCUT2D eigenvalue weighted by atomic mass is 9.85. The number of H-pyrrole nitrogens is 1. The van der Waals surface area contributed by atoms with Crippen LogP contribution < -0.4 is 21.9 Å². The van der Waals surface area contributed by atoms with Crippen molar-refractivity contribution in [3.05, 3.63) is 45.7 Å². The molecule has 1 aliphatic carbocycles. The van der Waals surface area contributed by atoms with Gasteiger partial charge in [-0.05, 0) is 73.9 Å². The Morgan fingerprint density at radius 3 is 2.33 bits per heavy atom. The van der Waals surface area contributed by atoms with Crippen molar-refractivity contribution in [1.82, 2.24) is 20.5 Å². The van der Waals surface area contributed by atoms with Gasteiger partial charge in [0.2, 0.25) is 17.7 Å². The summed E-state index contributed by atoms with van der Waals surface area (Å²) in [5.74, 6) is -1.78. The number of aryl methyl sites for hydroxylation is 1. The number of likely N-dealkylation sites (tertiary alicyclic amines) is 1. The van der Waals surface area contributed by atoms with Crippen LogP contribution in [0.25, 0.3) is 10.9 Å². The lowest BCUT2D eigenvalue weighted by Crippen LogP contribution is -2.61. The fourth-order valence-electron chi connectivity index (χ4n) is 6.28. The third kappa shape index (κ3) is 6.70. The molecule has 5 atom stereocenters. The predicted octanol–water partition coefficient (Wildman–Crippen LogP) is 2.77. The Morgan fingerprint density at radius 2 is 1.74 bits per heavy atom. The Balaban J connectivity index is 1.59. The Labute approximate surface area is 252 Å². The summed E-state index contributed by atoms with van der Waals surface area (Å²) in [6.45, 7) is 17.1. The molecule has 1 aliphatic heterocycles. The molecule has 2 fully saturated rings.